The molecule has 36 heavy (non-hydrogen) atoms. The number of nitrogens with one attached hydrogen (secondary N) is 1. The number of likely N-dealkylation sites (tertiary alicyclic amines) is 2. The molecule has 2 aromatic rings. The summed E-state index contributed by atoms with van der Waals surface area (Å²) in [5.41, 5.74) is 1.47. The third-order valence-electron chi connectivity index (χ3n) is 7.52. The maximum atomic E-state index is 14.7. The number of carbonyl (C=O) groups is 2. The van der Waals surface area contributed by atoms with Gasteiger partial charge in [0.2, 0.25) is 5.91 Å². The van der Waals surface area contributed by atoms with Crippen LogP contribution in [0.3, 0.4) is 0 Å². The number of pyridine rings is 1. The van der Waals surface area contributed by atoms with E-state index in [2.05, 4.69) is 10.3 Å². The van der Waals surface area contributed by atoms with E-state index in [1.165, 1.54) is 11.0 Å². The molecule has 2 N–H and O–H groups in total. The Morgan fingerprint density at radius 1 is 1.11 bits per heavy atom. The number of aromatic nitrogens is 1. The average Bonchev–Trinajstić information content (AvgIpc) is 2.90. The minimum atomic E-state index is -1.73. The smallest absolute Gasteiger partial charge is 0.257 e. The van der Waals surface area contributed by atoms with Gasteiger partial charge in [-0.15, -0.1) is 0 Å². The summed E-state index contributed by atoms with van der Waals surface area (Å²) in [5.74, 6) is -0.813. The number of rotatable bonds is 4. The highest BCUT2D eigenvalue weighted by atomic mass is 19.1. The number of aliphatic hydroxyl groups is 1. The van der Waals surface area contributed by atoms with E-state index < -0.39 is 30.4 Å². The topological polar surface area (TPSA) is 89.0 Å². The lowest BCUT2D eigenvalue weighted by Gasteiger charge is -2.43. The van der Waals surface area contributed by atoms with E-state index >= 15 is 0 Å². The Morgan fingerprint density at radius 2 is 1.83 bits per heavy atom. The van der Waals surface area contributed by atoms with Gasteiger partial charge in [-0.3, -0.25) is 14.5 Å². The zero-order valence-electron chi connectivity index (χ0n) is 22.5. The van der Waals surface area contributed by atoms with Crippen LogP contribution >= 0.6 is 0 Å². The molecular formula is C27H34FN5O3. The molecule has 0 aliphatic carbocycles. The van der Waals surface area contributed by atoms with Crippen molar-refractivity contribution in [3.8, 4) is 0 Å². The van der Waals surface area contributed by atoms with Gasteiger partial charge in [0, 0.05) is 61.0 Å². The Kier molecular flexibility index (Phi) is 6.48. The molecule has 0 bridgehead atoms. The van der Waals surface area contributed by atoms with Crippen LogP contribution in [0.15, 0.2) is 36.5 Å². The van der Waals surface area contributed by atoms with E-state index in [1.807, 2.05) is 18.2 Å². The van der Waals surface area contributed by atoms with E-state index in [0.717, 1.165) is 24.6 Å². The summed E-state index contributed by atoms with van der Waals surface area (Å²) >= 11 is 0. The minimum absolute atomic E-state index is 0.00818. The second-order valence-corrected chi connectivity index (χ2v) is 9.86. The number of anilines is 1. The molecule has 0 unspecified atom stereocenters. The summed E-state index contributed by atoms with van der Waals surface area (Å²) in [6, 6.07) is 8.46. The minimum Gasteiger partial charge on any atom is -0.390 e. The second kappa shape index (κ2) is 10.5. The van der Waals surface area contributed by atoms with Gasteiger partial charge < -0.3 is 20.2 Å². The molecule has 2 amide bonds. The Labute approximate surface area is 213 Å². The van der Waals surface area contributed by atoms with Crippen molar-refractivity contribution >= 4 is 17.6 Å². The van der Waals surface area contributed by atoms with Crippen LogP contribution < -0.4 is 5.32 Å². The molecule has 2 atom stereocenters. The maximum Gasteiger partial charge on any atom is 0.257 e. The zero-order chi connectivity index (χ0) is 27.0. The first-order valence-corrected chi connectivity index (χ1v) is 12.6. The summed E-state index contributed by atoms with van der Waals surface area (Å²) in [4.78, 5) is 33.9. The lowest BCUT2D eigenvalue weighted by atomic mass is 9.94. The summed E-state index contributed by atoms with van der Waals surface area (Å²) in [7, 11) is 0. The third-order valence-corrected chi connectivity index (χ3v) is 7.52. The van der Waals surface area contributed by atoms with Gasteiger partial charge >= 0.3 is 0 Å². The van der Waals surface area contributed by atoms with Crippen molar-refractivity contribution in [1.29, 1.82) is 0 Å². The highest BCUT2D eigenvalue weighted by Crippen LogP contribution is 2.26. The summed E-state index contributed by atoms with van der Waals surface area (Å²) in [6.07, 6.45) is 2.59. The molecule has 4 heterocycles. The second-order valence-electron chi connectivity index (χ2n) is 9.86. The standard InChI is InChI=1S/C27H34FN5O3/c1-18(34)31-11-7-21(8-12-31)30-26-14-22(23(28)15-29-26)27(36)33-13-9-24(25(35)17-33)32-10-6-19-4-2-3-5-20(19)16-32/h2-5,14-15,21,24-25,35H,6-13,16-17H2,1H3,(H,29,30)/t24-,25-/m1/s1/i16D2. The van der Waals surface area contributed by atoms with Gasteiger partial charge in [0.25, 0.3) is 5.91 Å². The predicted octanol–water partition coefficient (Wildman–Crippen LogP) is 2.28. The molecule has 3 aliphatic heterocycles. The van der Waals surface area contributed by atoms with Crippen molar-refractivity contribution in [2.24, 2.45) is 0 Å². The molecule has 1 aromatic heterocycles. The van der Waals surface area contributed by atoms with Crippen LogP contribution in [0.2, 0.25) is 0 Å². The number of hydrogen-bond donors (Lipinski definition) is 2. The Hall–Kier alpha value is -3.04. The first kappa shape index (κ1) is 22.2. The van der Waals surface area contributed by atoms with Crippen LogP contribution in [0.25, 0.3) is 0 Å². The van der Waals surface area contributed by atoms with Crippen molar-refractivity contribution in [3.63, 3.8) is 0 Å². The molecule has 0 radical (unpaired) electrons. The van der Waals surface area contributed by atoms with Gasteiger partial charge in [0.1, 0.15) is 5.82 Å². The van der Waals surface area contributed by atoms with Crippen molar-refractivity contribution in [1.82, 2.24) is 19.7 Å². The van der Waals surface area contributed by atoms with Crippen molar-refractivity contribution in [2.75, 3.05) is 38.0 Å². The van der Waals surface area contributed by atoms with Crippen LogP contribution in [-0.2, 0) is 17.7 Å². The highest BCUT2D eigenvalue weighted by molar-refractivity contribution is 5.95. The summed E-state index contributed by atoms with van der Waals surface area (Å²) in [6.45, 7) is 1.83. The van der Waals surface area contributed by atoms with Crippen molar-refractivity contribution in [3.05, 3.63) is 59.0 Å². The lowest BCUT2D eigenvalue weighted by molar-refractivity contribution is -0.129. The molecule has 0 spiro atoms. The largest absolute Gasteiger partial charge is 0.390 e. The number of carbonyl (C=O) groups excluding carboxylic acids is 2. The van der Waals surface area contributed by atoms with Crippen molar-refractivity contribution < 1.29 is 21.8 Å². The number of hydrogen-bond acceptors (Lipinski definition) is 6. The van der Waals surface area contributed by atoms with Gasteiger partial charge in [-0.25, -0.2) is 9.37 Å². The molecule has 192 valence electrons. The van der Waals surface area contributed by atoms with Crippen LogP contribution in [-0.4, -0.2) is 87.5 Å². The number of aliphatic hydroxyl groups excluding tert-OH is 1. The van der Waals surface area contributed by atoms with E-state index in [0.29, 0.717) is 43.9 Å². The first-order chi connectivity index (χ1) is 18.1. The predicted molar refractivity (Wildman–Crippen MR) is 134 cm³/mol. The number of fused-ring (bicyclic) bond motifs is 1. The molecule has 9 heteroatoms. The molecule has 3 aliphatic rings. The fourth-order valence-corrected chi connectivity index (χ4v) is 5.41. The van der Waals surface area contributed by atoms with Gasteiger partial charge in [-0.05, 0) is 42.9 Å². The number of halogens is 1. The number of nitrogens with zero attached hydrogens (tertiary/aromatic N) is 4. The van der Waals surface area contributed by atoms with Crippen LogP contribution in [0.1, 0.15) is 50.4 Å². The highest BCUT2D eigenvalue weighted by Gasteiger charge is 2.36. The third kappa shape index (κ3) is 5.22. The van der Waals surface area contributed by atoms with Crippen molar-refractivity contribution in [2.45, 2.75) is 57.3 Å². The fourth-order valence-electron chi connectivity index (χ4n) is 5.41. The number of benzene rings is 1. The van der Waals surface area contributed by atoms with Gasteiger partial charge in [0.15, 0.2) is 5.82 Å². The number of piperidine rings is 2. The molecule has 2 saturated heterocycles. The number of amides is 2. The van der Waals surface area contributed by atoms with Crippen LogP contribution in [0.4, 0.5) is 10.2 Å². The molecule has 2 fully saturated rings. The van der Waals surface area contributed by atoms with E-state index in [4.69, 9.17) is 2.74 Å². The van der Waals surface area contributed by atoms with Gasteiger partial charge in [-0.2, -0.15) is 0 Å². The number of β-amino-alcohol motifs (C(OH)–C–C–N with tert-alkyl or cyclic N) is 1. The Bertz CT molecular complexity index is 1210. The molecule has 0 saturated carbocycles. The Balaban J connectivity index is 1.24. The lowest BCUT2D eigenvalue weighted by Crippen LogP contribution is -2.56. The molecule has 8 nitrogen and oxygen atoms in total. The summed E-state index contributed by atoms with van der Waals surface area (Å²) < 4.78 is 32.2. The SMILES string of the molecule is [2H]C1([2H])c2ccccc2CCN1[C@@H]1CCN(C(=O)c2cc(NC3CCN(C(C)=O)CC3)ncc2F)C[C@H]1O. The molecular weight excluding hydrogens is 461 g/mol. The summed E-state index contributed by atoms with van der Waals surface area (Å²) in [5, 5.41) is 14.3. The first-order valence-electron chi connectivity index (χ1n) is 13.6. The van der Waals surface area contributed by atoms with E-state index in [9.17, 15) is 19.1 Å². The molecule has 1 aromatic carbocycles. The van der Waals surface area contributed by atoms with Gasteiger partial charge in [0.05, 0.1) is 17.9 Å². The normalized spacial score (nSPS) is 25.5. The van der Waals surface area contributed by atoms with Gasteiger partial charge in [-0.1, -0.05) is 24.3 Å². The Morgan fingerprint density at radius 3 is 2.56 bits per heavy atom. The fraction of sp³-hybridized carbons (Fsp3) is 0.519. The quantitative estimate of drug-likeness (QED) is 0.674. The van der Waals surface area contributed by atoms with Crippen LogP contribution in [0.5, 0.6) is 0 Å². The van der Waals surface area contributed by atoms with E-state index in [-0.39, 0.29) is 30.6 Å². The monoisotopic (exact) mass is 497 g/mol. The van der Waals surface area contributed by atoms with E-state index in [1.54, 1.807) is 22.8 Å². The maximum absolute atomic E-state index is 14.7. The zero-order valence-corrected chi connectivity index (χ0v) is 20.5. The van der Waals surface area contributed by atoms with Crippen LogP contribution in [0, 0.1) is 5.82 Å². The molecule has 5 rings (SSSR count). The average molecular weight is 498 g/mol.